The lowest BCUT2D eigenvalue weighted by atomic mass is 10.1. The molecule has 5 heteroatoms. The lowest BCUT2D eigenvalue weighted by Gasteiger charge is -2.12. The van der Waals surface area contributed by atoms with E-state index in [0.717, 1.165) is 18.6 Å². The van der Waals surface area contributed by atoms with Crippen LogP contribution in [0.25, 0.3) is 0 Å². The van der Waals surface area contributed by atoms with Crippen LogP contribution in [0.5, 0.6) is 0 Å². The molecule has 1 aromatic rings. The summed E-state index contributed by atoms with van der Waals surface area (Å²) in [5.41, 5.74) is 1.05. The fourth-order valence-electron chi connectivity index (χ4n) is 1.79. The maximum absolute atomic E-state index is 11.9. The molecular formula is C13H13ClN2OS. The van der Waals surface area contributed by atoms with Crippen molar-refractivity contribution >= 4 is 35.8 Å². The second-order valence-corrected chi connectivity index (χ2v) is 5.41. The van der Waals surface area contributed by atoms with Gasteiger partial charge in [-0.15, -0.1) is 0 Å². The number of nitrogens with one attached hydrogen (secondary N) is 1. The Balaban J connectivity index is 2.05. The first-order valence-corrected chi connectivity index (χ1v) is 6.70. The van der Waals surface area contributed by atoms with Gasteiger partial charge in [-0.3, -0.25) is 4.79 Å². The predicted molar refractivity (Wildman–Crippen MR) is 74.9 cm³/mol. The summed E-state index contributed by atoms with van der Waals surface area (Å²) in [7, 11) is 0. The van der Waals surface area contributed by atoms with E-state index in [-0.39, 0.29) is 11.3 Å². The number of hydrogen-bond acceptors (Lipinski definition) is 3. The Labute approximate surface area is 117 Å². The lowest BCUT2D eigenvalue weighted by Crippen LogP contribution is -2.18. The van der Waals surface area contributed by atoms with Crippen molar-refractivity contribution in [3.8, 4) is 6.07 Å². The second-order valence-electron chi connectivity index (χ2n) is 4.69. The molecule has 3 nitrogen and oxygen atoms in total. The van der Waals surface area contributed by atoms with Crippen molar-refractivity contribution < 1.29 is 4.79 Å². The van der Waals surface area contributed by atoms with Crippen molar-refractivity contribution in [3.63, 3.8) is 0 Å². The molecule has 94 valence electrons. The van der Waals surface area contributed by atoms with E-state index in [1.54, 1.807) is 18.2 Å². The Morgan fingerprint density at radius 2 is 2.28 bits per heavy atom. The summed E-state index contributed by atoms with van der Waals surface area (Å²) >= 11 is 10.2. The van der Waals surface area contributed by atoms with Gasteiger partial charge in [0.1, 0.15) is 0 Å². The average Bonchev–Trinajstić information content (AvgIpc) is 3.12. The van der Waals surface area contributed by atoms with Crippen molar-refractivity contribution in [2.45, 2.75) is 19.3 Å². The zero-order valence-electron chi connectivity index (χ0n) is 9.74. The third-order valence-corrected chi connectivity index (χ3v) is 4.20. The highest BCUT2D eigenvalue weighted by molar-refractivity contribution is 7.80. The third-order valence-electron chi connectivity index (χ3n) is 3.20. The third kappa shape index (κ3) is 2.98. The maximum atomic E-state index is 11.9. The minimum Gasteiger partial charge on any atom is -0.325 e. The molecule has 1 aliphatic carbocycles. The maximum Gasteiger partial charge on any atom is 0.225 e. The van der Waals surface area contributed by atoms with Crippen LogP contribution in [0.15, 0.2) is 18.2 Å². The molecule has 0 aliphatic heterocycles. The highest BCUT2D eigenvalue weighted by atomic mass is 35.5. The number of hydrogen-bond donors (Lipinski definition) is 2. The summed E-state index contributed by atoms with van der Waals surface area (Å²) in [6.45, 7) is 0. The van der Waals surface area contributed by atoms with Crippen molar-refractivity contribution in [2.24, 2.45) is 5.41 Å². The standard InChI is InChI=1S/C13H13ClN2OS/c14-10-2-1-9(7-15)5-11(10)16-12(17)6-13(8-18)3-4-13/h1-2,5,18H,3-4,6,8H2,(H,16,17). The Morgan fingerprint density at radius 1 is 1.56 bits per heavy atom. The zero-order valence-corrected chi connectivity index (χ0v) is 11.4. The van der Waals surface area contributed by atoms with Crippen LogP contribution in [-0.2, 0) is 4.79 Å². The van der Waals surface area contributed by atoms with Crippen LogP contribution in [0.3, 0.4) is 0 Å². The van der Waals surface area contributed by atoms with Gasteiger partial charge in [-0.25, -0.2) is 0 Å². The van der Waals surface area contributed by atoms with Gasteiger partial charge in [0.15, 0.2) is 0 Å². The van der Waals surface area contributed by atoms with Crippen LogP contribution in [-0.4, -0.2) is 11.7 Å². The minimum absolute atomic E-state index is 0.0708. The molecule has 1 fully saturated rings. The van der Waals surface area contributed by atoms with E-state index in [9.17, 15) is 4.79 Å². The quantitative estimate of drug-likeness (QED) is 0.832. The van der Waals surface area contributed by atoms with E-state index >= 15 is 0 Å². The number of nitriles is 1. The largest absolute Gasteiger partial charge is 0.325 e. The number of benzene rings is 1. The SMILES string of the molecule is N#Cc1ccc(Cl)c(NC(=O)CC2(CS)CC2)c1. The van der Waals surface area contributed by atoms with Crippen LogP contribution in [0.2, 0.25) is 5.02 Å². The molecule has 1 aliphatic rings. The first-order chi connectivity index (χ1) is 8.58. The van der Waals surface area contributed by atoms with Gasteiger partial charge in [0, 0.05) is 6.42 Å². The van der Waals surface area contributed by atoms with Gasteiger partial charge < -0.3 is 5.32 Å². The average molecular weight is 281 g/mol. The summed E-state index contributed by atoms with van der Waals surface area (Å²) in [5, 5.41) is 12.0. The molecule has 18 heavy (non-hydrogen) atoms. The number of anilines is 1. The van der Waals surface area contributed by atoms with E-state index in [4.69, 9.17) is 16.9 Å². The first kappa shape index (κ1) is 13.3. The monoisotopic (exact) mass is 280 g/mol. The molecule has 0 unspecified atom stereocenters. The van der Waals surface area contributed by atoms with Crippen LogP contribution >= 0.6 is 24.2 Å². The number of halogens is 1. The Kier molecular flexibility index (Phi) is 3.84. The van der Waals surface area contributed by atoms with Gasteiger partial charge in [0.05, 0.1) is 22.3 Å². The van der Waals surface area contributed by atoms with Crippen molar-refractivity contribution in [1.82, 2.24) is 0 Å². The summed E-state index contributed by atoms with van der Waals surface area (Å²) in [6.07, 6.45) is 2.56. The summed E-state index contributed by atoms with van der Waals surface area (Å²) in [6, 6.07) is 6.83. The normalized spacial score (nSPS) is 15.8. The van der Waals surface area contributed by atoms with Crippen molar-refractivity contribution in [3.05, 3.63) is 28.8 Å². The second kappa shape index (κ2) is 5.21. The van der Waals surface area contributed by atoms with Gasteiger partial charge in [0.25, 0.3) is 0 Å². The van der Waals surface area contributed by atoms with Gasteiger partial charge >= 0.3 is 0 Å². The summed E-state index contributed by atoms with van der Waals surface area (Å²) < 4.78 is 0. The fraction of sp³-hybridized carbons (Fsp3) is 0.385. The molecule has 1 N–H and O–H groups in total. The molecule has 0 atom stereocenters. The molecule has 0 radical (unpaired) electrons. The molecule has 0 heterocycles. The van der Waals surface area contributed by atoms with Crippen molar-refractivity contribution in [2.75, 3.05) is 11.1 Å². The fourth-order valence-corrected chi connectivity index (χ4v) is 2.39. The molecule has 1 aromatic carbocycles. The Morgan fingerprint density at radius 3 is 2.83 bits per heavy atom. The Bertz CT molecular complexity index is 520. The van der Waals surface area contributed by atoms with Gasteiger partial charge in [-0.1, -0.05) is 11.6 Å². The van der Waals surface area contributed by atoms with Gasteiger partial charge in [0.2, 0.25) is 5.91 Å². The summed E-state index contributed by atoms with van der Waals surface area (Å²) in [4.78, 5) is 11.9. The molecule has 1 amide bonds. The minimum atomic E-state index is -0.0708. The number of rotatable bonds is 4. The molecule has 0 bridgehead atoms. The Hall–Kier alpha value is -1.18. The zero-order chi connectivity index (χ0) is 13.2. The molecule has 2 rings (SSSR count). The number of thiol groups is 1. The highest BCUT2D eigenvalue weighted by Crippen LogP contribution is 2.49. The van der Waals surface area contributed by atoms with E-state index in [1.165, 1.54) is 0 Å². The molecular weight excluding hydrogens is 268 g/mol. The van der Waals surface area contributed by atoms with E-state index < -0.39 is 0 Å². The topological polar surface area (TPSA) is 52.9 Å². The van der Waals surface area contributed by atoms with Gasteiger partial charge in [-0.2, -0.15) is 17.9 Å². The molecule has 1 saturated carbocycles. The lowest BCUT2D eigenvalue weighted by molar-refractivity contribution is -0.117. The van der Waals surface area contributed by atoms with Crippen molar-refractivity contribution in [1.29, 1.82) is 5.26 Å². The van der Waals surface area contributed by atoms with E-state index in [0.29, 0.717) is 22.7 Å². The molecule has 0 spiro atoms. The van der Waals surface area contributed by atoms with Crippen LogP contribution < -0.4 is 5.32 Å². The molecule has 0 aromatic heterocycles. The molecule has 0 saturated heterocycles. The van der Waals surface area contributed by atoms with E-state index in [1.807, 2.05) is 6.07 Å². The number of nitrogens with zero attached hydrogens (tertiary/aromatic N) is 1. The van der Waals surface area contributed by atoms with Crippen LogP contribution in [0.1, 0.15) is 24.8 Å². The number of carbonyl (C=O) groups is 1. The smallest absolute Gasteiger partial charge is 0.225 e. The van der Waals surface area contributed by atoms with Crippen LogP contribution in [0, 0.1) is 16.7 Å². The highest BCUT2D eigenvalue weighted by Gasteiger charge is 2.42. The predicted octanol–water partition coefficient (Wildman–Crippen LogP) is 3.25. The number of amides is 1. The van der Waals surface area contributed by atoms with Gasteiger partial charge in [-0.05, 0) is 42.2 Å². The summed E-state index contributed by atoms with van der Waals surface area (Å²) in [5.74, 6) is 0.658. The number of carbonyl (C=O) groups excluding carboxylic acids is 1. The van der Waals surface area contributed by atoms with E-state index in [2.05, 4.69) is 17.9 Å². The first-order valence-electron chi connectivity index (χ1n) is 5.69. The van der Waals surface area contributed by atoms with Crippen LogP contribution in [0.4, 0.5) is 5.69 Å².